The molecule has 1 aromatic rings. The molecule has 1 atom stereocenters. The molecule has 0 aliphatic rings. The molecule has 0 heterocycles. The summed E-state index contributed by atoms with van der Waals surface area (Å²) in [5.74, 6) is 0.908. The number of hydrogen-bond acceptors (Lipinski definition) is 4. The lowest BCUT2D eigenvalue weighted by Gasteiger charge is -2.12. The second-order valence-corrected chi connectivity index (χ2v) is 3.57. The van der Waals surface area contributed by atoms with Gasteiger partial charge in [-0.3, -0.25) is 4.79 Å². The van der Waals surface area contributed by atoms with E-state index in [2.05, 4.69) is 5.32 Å². The molecule has 2 N–H and O–H groups in total. The van der Waals surface area contributed by atoms with E-state index in [0.717, 1.165) is 5.56 Å². The molecule has 0 radical (unpaired) electrons. The maximum Gasteiger partial charge on any atom is 0.248 e. The predicted molar refractivity (Wildman–Crippen MR) is 63.1 cm³/mol. The molecule has 1 rings (SSSR count). The minimum atomic E-state index is -1.01. The number of aliphatic hydroxyl groups is 1. The van der Waals surface area contributed by atoms with E-state index in [9.17, 15) is 4.79 Å². The number of carbonyl (C=O) groups excluding carboxylic acids is 1. The number of ether oxygens (including phenoxy) is 2. The van der Waals surface area contributed by atoms with E-state index in [4.69, 9.17) is 14.6 Å². The van der Waals surface area contributed by atoms with Crippen LogP contribution in [0.4, 0.5) is 0 Å². The highest BCUT2D eigenvalue weighted by molar-refractivity contribution is 5.80. The summed E-state index contributed by atoms with van der Waals surface area (Å²) in [7, 11) is 3.12. The van der Waals surface area contributed by atoms with Crippen molar-refractivity contribution in [3.63, 3.8) is 0 Å². The van der Waals surface area contributed by atoms with Crippen LogP contribution < -0.4 is 14.8 Å². The summed E-state index contributed by atoms with van der Waals surface area (Å²) in [6.07, 6.45) is -1.01. The van der Waals surface area contributed by atoms with E-state index in [1.807, 2.05) is 0 Å². The topological polar surface area (TPSA) is 67.8 Å². The molecule has 0 spiro atoms. The zero-order chi connectivity index (χ0) is 12.8. The minimum Gasteiger partial charge on any atom is -0.497 e. The van der Waals surface area contributed by atoms with E-state index in [-0.39, 0.29) is 0 Å². The molecule has 0 bridgehead atoms. The van der Waals surface area contributed by atoms with Crippen LogP contribution >= 0.6 is 0 Å². The van der Waals surface area contributed by atoms with Crippen LogP contribution in [0.3, 0.4) is 0 Å². The smallest absolute Gasteiger partial charge is 0.248 e. The lowest BCUT2D eigenvalue weighted by molar-refractivity contribution is -0.128. The third kappa shape index (κ3) is 3.64. The van der Waals surface area contributed by atoms with Gasteiger partial charge in [-0.25, -0.2) is 0 Å². The van der Waals surface area contributed by atoms with Crippen LogP contribution in [0.15, 0.2) is 18.2 Å². The standard InChI is InChI=1S/C12H17NO4/c1-8(14)12(15)13-7-9-4-5-10(16-2)6-11(9)17-3/h4-6,8,14H,7H2,1-3H3,(H,13,15). The second-order valence-electron chi connectivity index (χ2n) is 3.57. The van der Waals surface area contributed by atoms with Crippen LogP contribution in [0, 0.1) is 0 Å². The SMILES string of the molecule is COc1ccc(CNC(=O)C(C)O)c(OC)c1. The normalized spacial score (nSPS) is 11.8. The molecular formula is C12H17NO4. The van der Waals surface area contributed by atoms with Gasteiger partial charge >= 0.3 is 0 Å². The first kappa shape index (κ1) is 13.3. The molecule has 0 saturated carbocycles. The van der Waals surface area contributed by atoms with Crippen molar-refractivity contribution in [2.75, 3.05) is 14.2 Å². The van der Waals surface area contributed by atoms with Crippen molar-refractivity contribution in [3.8, 4) is 11.5 Å². The Morgan fingerprint density at radius 3 is 2.65 bits per heavy atom. The highest BCUT2D eigenvalue weighted by Crippen LogP contribution is 2.24. The Balaban J connectivity index is 2.74. The first-order chi connectivity index (χ1) is 8.08. The number of rotatable bonds is 5. The number of aliphatic hydroxyl groups excluding tert-OH is 1. The monoisotopic (exact) mass is 239 g/mol. The molecule has 0 saturated heterocycles. The lowest BCUT2D eigenvalue weighted by Crippen LogP contribution is -2.32. The summed E-state index contributed by atoms with van der Waals surface area (Å²) < 4.78 is 10.3. The van der Waals surface area contributed by atoms with Gasteiger partial charge in [0.1, 0.15) is 17.6 Å². The Morgan fingerprint density at radius 1 is 1.41 bits per heavy atom. The average Bonchev–Trinajstić information content (AvgIpc) is 2.35. The summed E-state index contributed by atoms with van der Waals surface area (Å²) in [6, 6.07) is 5.33. The van der Waals surface area contributed by atoms with Crippen LogP contribution in [0.2, 0.25) is 0 Å². The number of benzene rings is 1. The van der Waals surface area contributed by atoms with E-state index in [0.29, 0.717) is 18.0 Å². The van der Waals surface area contributed by atoms with E-state index >= 15 is 0 Å². The molecule has 0 aliphatic carbocycles. The Morgan fingerprint density at radius 2 is 2.12 bits per heavy atom. The molecule has 1 aromatic carbocycles. The highest BCUT2D eigenvalue weighted by atomic mass is 16.5. The average molecular weight is 239 g/mol. The molecule has 17 heavy (non-hydrogen) atoms. The van der Waals surface area contributed by atoms with E-state index in [1.54, 1.807) is 32.4 Å². The molecule has 5 heteroatoms. The molecule has 94 valence electrons. The molecule has 5 nitrogen and oxygen atoms in total. The molecule has 1 unspecified atom stereocenters. The van der Waals surface area contributed by atoms with Gasteiger partial charge in [-0.1, -0.05) is 0 Å². The Labute approximate surface area is 100 Å². The summed E-state index contributed by atoms with van der Waals surface area (Å²) in [5.41, 5.74) is 0.822. The summed E-state index contributed by atoms with van der Waals surface area (Å²) in [6.45, 7) is 1.72. The molecule has 1 amide bonds. The van der Waals surface area contributed by atoms with Crippen LogP contribution in [-0.4, -0.2) is 31.3 Å². The van der Waals surface area contributed by atoms with Crippen molar-refractivity contribution in [2.45, 2.75) is 19.6 Å². The van der Waals surface area contributed by atoms with Crippen LogP contribution in [-0.2, 0) is 11.3 Å². The largest absolute Gasteiger partial charge is 0.497 e. The maximum atomic E-state index is 11.2. The van der Waals surface area contributed by atoms with Crippen LogP contribution in [0.1, 0.15) is 12.5 Å². The molecular weight excluding hydrogens is 222 g/mol. The predicted octanol–water partition coefficient (Wildman–Crippen LogP) is 0.701. The fourth-order valence-corrected chi connectivity index (χ4v) is 1.33. The van der Waals surface area contributed by atoms with Gasteiger partial charge in [0, 0.05) is 18.2 Å². The van der Waals surface area contributed by atoms with Crippen molar-refractivity contribution in [1.29, 1.82) is 0 Å². The number of methoxy groups -OCH3 is 2. The second kappa shape index (κ2) is 6.10. The zero-order valence-corrected chi connectivity index (χ0v) is 10.2. The van der Waals surface area contributed by atoms with E-state index in [1.165, 1.54) is 6.92 Å². The number of hydrogen-bond donors (Lipinski definition) is 2. The third-order valence-corrected chi connectivity index (χ3v) is 2.33. The van der Waals surface area contributed by atoms with Gasteiger partial charge in [-0.2, -0.15) is 0 Å². The van der Waals surface area contributed by atoms with Gasteiger partial charge < -0.3 is 19.9 Å². The van der Waals surface area contributed by atoms with Crippen molar-refractivity contribution < 1.29 is 19.4 Å². The zero-order valence-electron chi connectivity index (χ0n) is 10.2. The first-order valence-electron chi connectivity index (χ1n) is 5.25. The maximum absolute atomic E-state index is 11.2. The Hall–Kier alpha value is -1.75. The van der Waals surface area contributed by atoms with Gasteiger partial charge in [-0.15, -0.1) is 0 Å². The summed E-state index contributed by atoms with van der Waals surface area (Å²) in [5, 5.41) is 11.6. The van der Waals surface area contributed by atoms with Gasteiger partial charge in [0.05, 0.1) is 14.2 Å². The van der Waals surface area contributed by atoms with Crippen molar-refractivity contribution in [1.82, 2.24) is 5.32 Å². The number of nitrogens with one attached hydrogen (secondary N) is 1. The Kier molecular flexibility index (Phi) is 4.78. The van der Waals surface area contributed by atoms with Crippen molar-refractivity contribution in [2.24, 2.45) is 0 Å². The molecule has 0 aromatic heterocycles. The highest BCUT2D eigenvalue weighted by Gasteiger charge is 2.10. The summed E-state index contributed by atoms with van der Waals surface area (Å²) >= 11 is 0. The van der Waals surface area contributed by atoms with Crippen molar-refractivity contribution in [3.05, 3.63) is 23.8 Å². The lowest BCUT2D eigenvalue weighted by atomic mass is 10.2. The van der Waals surface area contributed by atoms with Crippen LogP contribution in [0.25, 0.3) is 0 Å². The third-order valence-electron chi connectivity index (χ3n) is 2.33. The Bertz CT molecular complexity index is 390. The number of carbonyl (C=O) groups is 1. The summed E-state index contributed by atoms with van der Waals surface area (Å²) in [4.78, 5) is 11.2. The number of amides is 1. The fraction of sp³-hybridized carbons (Fsp3) is 0.417. The fourth-order valence-electron chi connectivity index (χ4n) is 1.33. The van der Waals surface area contributed by atoms with Crippen molar-refractivity contribution >= 4 is 5.91 Å². The van der Waals surface area contributed by atoms with Gasteiger partial charge in [0.25, 0.3) is 0 Å². The van der Waals surface area contributed by atoms with Gasteiger partial charge in [0.2, 0.25) is 5.91 Å². The molecule has 0 aliphatic heterocycles. The molecule has 0 fully saturated rings. The van der Waals surface area contributed by atoms with Gasteiger partial charge in [0.15, 0.2) is 0 Å². The minimum absolute atomic E-state index is 0.302. The van der Waals surface area contributed by atoms with E-state index < -0.39 is 12.0 Å². The van der Waals surface area contributed by atoms with Gasteiger partial charge in [-0.05, 0) is 19.1 Å². The first-order valence-corrected chi connectivity index (χ1v) is 5.25. The quantitative estimate of drug-likeness (QED) is 0.793. The van der Waals surface area contributed by atoms with Crippen LogP contribution in [0.5, 0.6) is 11.5 Å².